The number of aliphatic imine (C=N–C) groups is 1. The summed E-state index contributed by atoms with van der Waals surface area (Å²) in [5, 5.41) is 2.10. The van der Waals surface area contributed by atoms with Crippen molar-refractivity contribution >= 4 is 17.6 Å². The molecule has 0 radical (unpaired) electrons. The number of fused-ring (bicyclic) bond motifs is 1. The number of nitrogens with zero attached hydrogens (tertiary/aromatic N) is 1. The fourth-order valence-corrected chi connectivity index (χ4v) is 3.66. The third-order valence-electron chi connectivity index (χ3n) is 5.09. The molecule has 1 aliphatic heterocycles. The second-order valence-corrected chi connectivity index (χ2v) is 6.97. The molecule has 0 saturated heterocycles. The van der Waals surface area contributed by atoms with Crippen LogP contribution in [0, 0.1) is 29.2 Å². The van der Waals surface area contributed by atoms with Gasteiger partial charge < -0.3 is 15.8 Å². The molecule has 0 bridgehead atoms. The van der Waals surface area contributed by atoms with E-state index < -0.39 is 70.3 Å². The number of halogens is 6. The number of carbonyl (C=O) groups is 1. The number of alkyl halides is 2. The third-order valence-corrected chi connectivity index (χ3v) is 5.09. The average molecular weight is 429 g/mol. The molecular formula is C19H13F6N3O2. The van der Waals surface area contributed by atoms with E-state index in [-0.39, 0.29) is 12.1 Å². The Balaban J connectivity index is 1.73. The summed E-state index contributed by atoms with van der Waals surface area (Å²) in [4.78, 5) is 15.9. The highest BCUT2D eigenvalue weighted by molar-refractivity contribution is 6.04. The third kappa shape index (κ3) is 3.14. The summed E-state index contributed by atoms with van der Waals surface area (Å²) in [5.41, 5.74) is 1.30. The van der Waals surface area contributed by atoms with E-state index in [1.807, 2.05) is 0 Å². The number of amides is 1. The highest BCUT2D eigenvalue weighted by Gasteiger charge is 2.64. The lowest BCUT2D eigenvalue weighted by Gasteiger charge is -2.33. The van der Waals surface area contributed by atoms with Crippen molar-refractivity contribution in [2.75, 3.05) is 5.32 Å². The first-order valence-electron chi connectivity index (χ1n) is 8.69. The number of ether oxygens (including phenoxy) is 1. The highest BCUT2D eigenvalue weighted by Crippen LogP contribution is 2.56. The van der Waals surface area contributed by atoms with Gasteiger partial charge in [-0.1, -0.05) is 0 Å². The predicted molar refractivity (Wildman–Crippen MR) is 93.0 cm³/mol. The highest BCUT2D eigenvalue weighted by atomic mass is 19.3. The topological polar surface area (TPSA) is 76.7 Å². The van der Waals surface area contributed by atoms with Crippen molar-refractivity contribution in [2.24, 2.45) is 16.6 Å². The lowest BCUT2D eigenvalue weighted by Crippen LogP contribution is -2.43. The van der Waals surface area contributed by atoms with Crippen LogP contribution in [-0.4, -0.2) is 24.5 Å². The zero-order valence-electron chi connectivity index (χ0n) is 14.9. The van der Waals surface area contributed by atoms with E-state index in [1.54, 1.807) is 0 Å². The van der Waals surface area contributed by atoms with Crippen LogP contribution in [0.4, 0.5) is 32.0 Å². The molecule has 3 N–H and O–H groups in total. The van der Waals surface area contributed by atoms with Gasteiger partial charge in [0, 0.05) is 29.3 Å². The monoisotopic (exact) mass is 429 g/mol. The van der Waals surface area contributed by atoms with Crippen molar-refractivity contribution in [2.45, 2.75) is 24.5 Å². The van der Waals surface area contributed by atoms with Gasteiger partial charge in [-0.05, 0) is 24.6 Å². The molecule has 4 rings (SSSR count). The van der Waals surface area contributed by atoms with Gasteiger partial charge in [0.25, 0.3) is 18.4 Å². The molecule has 1 unspecified atom stereocenters. The molecule has 2 aromatic rings. The molecule has 30 heavy (non-hydrogen) atoms. The van der Waals surface area contributed by atoms with Crippen molar-refractivity contribution in [3.8, 4) is 0 Å². The average Bonchev–Trinajstić information content (AvgIpc) is 3.41. The Labute approximate surface area is 165 Å². The largest absolute Gasteiger partial charge is 0.462 e. The molecule has 1 fully saturated rings. The van der Waals surface area contributed by atoms with Crippen molar-refractivity contribution in [1.29, 1.82) is 0 Å². The Morgan fingerprint density at radius 3 is 2.43 bits per heavy atom. The molecule has 158 valence electrons. The number of amidine groups is 1. The van der Waals surface area contributed by atoms with Crippen LogP contribution >= 0.6 is 0 Å². The van der Waals surface area contributed by atoms with Gasteiger partial charge >= 0.3 is 0 Å². The first kappa shape index (κ1) is 20.0. The zero-order valence-corrected chi connectivity index (χ0v) is 14.9. The Morgan fingerprint density at radius 1 is 1.13 bits per heavy atom. The molecule has 2 aromatic carbocycles. The number of nitrogens with two attached hydrogens (primary N) is 1. The number of nitrogens with one attached hydrogen (secondary N) is 1. The summed E-state index contributed by atoms with van der Waals surface area (Å²) in [6.07, 6.45) is -3.62. The SMILES string of the molecule is NC1=N[C@@](c2cc(NC(=O)c3c(F)cc(F)cc3F)ccc2F)(C(F)F)C2C[C@H]2O1. The minimum absolute atomic E-state index is 0.177. The summed E-state index contributed by atoms with van der Waals surface area (Å²) in [5.74, 6) is -7.32. The lowest BCUT2D eigenvalue weighted by atomic mass is 9.84. The Kier molecular flexibility index (Phi) is 4.63. The van der Waals surface area contributed by atoms with Gasteiger partial charge in [-0.2, -0.15) is 0 Å². The molecule has 1 heterocycles. The Morgan fingerprint density at radius 2 is 1.80 bits per heavy atom. The van der Waals surface area contributed by atoms with E-state index >= 15 is 0 Å². The van der Waals surface area contributed by atoms with E-state index in [4.69, 9.17) is 10.5 Å². The quantitative estimate of drug-likeness (QED) is 0.728. The van der Waals surface area contributed by atoms with Crippen LogP contribution in [0.15, 0.2) is 35.3 Å². The summed E-state index contributed by atoms with van der Waals surface area (Å²) in [6.45, 7) is 0. The molecular weight excluding hydrogens is 416 g/mol. The van der Waals surface area contributed by atoms with E-state index in [1.165, 1.54) is 0 Å². The summed E-state index contributed by atoms with van der Waals surface area (Å²) < 4.78 is 88.5. The van der Waals surface area contributed by atoms with Crippen LogP contribution in [-0.2, 0) is 10.3 Å². The van der Waals surface area contributed by atoms with Crippen LogP contribution in [0.3, 0.4) is 0 Å². The number of hydrogen-bond acceptors (Lipinski definition) is 4. The smallest absolute Gasteiger partial charge is 0.283 e. The Bertz CT molecular complexity index is 1050. The number of benzene rings is 2. The van der Waals surface area contributed by atoms with Crippen LogP contribution in [0.5, 0.6) is 0 Å². The number of hydrogen-bond donors (Lipinski definition) is 2. The molecule has 2 aliphatic rings. The maximum atomic E-state index is 14.6. The van der Waals surface area contributed by atoms with Gasteiger partial charge in [0.1, 0.15) is 34.9 Å². The first-order chi connectivity index (χ1) is 14.1. The predicted octanol–water partition coefficient (Wildman–Crippen LogP) is 3.69. The van der Waals surface area contributed by atoms with E-state index in [9.17, 15) is 31.1 Å². The molecule has 1 aliphatic carbocycles. The minimum atomic E-state index is -3.15. The lowest BCUT2D eigenvalue weighted by molar-refractivity contribution is 0.0177. The van der Waals surface area contributed by atoms with Crippen LogP contribution < -0.4 is 11.1 Å². The van der Waals surface area contributed by atoms with Gasteiger partial charge in [0.2, 0.25) is 0 Å². The molecule has 3 atom stereocenters. The standard InChI is InChI=1S/C19H13F6N3O2/c20-7-3-12(22)15(13(23)4-7)16(29)27-8-1-2-11(21)9(5-8)19(17(24)25)10-6-14(10)30-18(26)28-19/h1-5,10,14,17H,6H2,(H2,26,28)(H,27,29)/t10?,14-,19-/m1/s1. The molecule has 1 saturated carbocycles. The van der Waals surface area contributed by atoms with E-state index in [0.29, 0.717) is 12.1 Å². The Hall–Kier alpha value is -3.24. The van der Waals surface area contributed by atoms with Crippen molar-refractivity contribution < 1.29 is 35.9 Å². The number of anilines is 1. The van der Waals surface area contributed by atoms with Crippen LogP contribution in [0.2, 0.25) is 0 Å². The minimum Gasteiger partial charge on any atom is -0.462 e. The fourth-order valence-electron chi connectivity index (χ4n) is 3.66. The van der Waals surface area contributed by atoms with Crippen LogP contribution in [0.1, 0.15) is 22.3 Å². The van der Waals surface area contributed by atoms with Gasteiger partial charge in [-0.25, -0.2) is 31.3 Å². The van der Waals surface area contributed by atoms with Crippen molar-refractivity contribution in [3.63, 3.8) is 0 Å². The van der Waals surface area contributed by atoms with Gasteiger partial charge in [-0.3, -0.25) is 4.79 Å². The molecule has 0 aromatic heterocycles. The zero-order chi connectivity index (χ0) is 21.8. The summed E-state index contributed by atoms with van der Waals surface area (Å²) in [7, 11) is 0. The normalized spacial score (nSPS) is 24.7. The first-order valence-corrected chi connectivity index (χ1v) is 8.69. The fraction of sp³-hybridized carbons (Fsp3) is 0.263. The van der Waals surface area contributed by atoms with E-state index in [2.05, 4.69) is 10.3 Å². The second-order valence-electron chi connectivity index (χ2n) is 6.97. The number of carbonyl (C=O) groups excluding carboxylic acids is 1. The molecule has 5 nitrogen and oxygen atoms in total. The van der Waals surface area contributed by atoms with Gasteiger partial charge in [0.15, 0.2) is 5.54 Å². The van der Waals surface area contributed by atoms with Gasteiger partial charge in [0.05, 0.1) is 0 Å². The van der Waals surface area contributed by atoms with Crippen molar-refractivity contribution in [3.05, 3.63) is 64.7 Å². The molecule has 1 amide bonds. The second kappa shape index (κ2) is 6.92. The van der Waals surface area contributed by atoms with E-state index in [0.717, 1.165) is 18.2 Å². The number of rotatable bonds is 4. The molecule has 0 spiro atoms. The molecule has 11 heteroatoms. The summed E-state index contributed by atoms with van der Waals surface area (Å²) >= 11 is 0. The van der Waals surface area contributed by atoms with Crippen LogP contribution in [0.25, 0.3) is 0 Å². The van der Waals surface area contributed by atoms with Gasteiger partial charge in [-0.15, -0.1) is 0 Å². The maximum Gasteiger partial charge on any atom is 0.283 e. The maximum absolute atomic E-state index is 14.6. The van der Waals surface area contributed by atoms with Crippen molar-refractivity contribution in [1.82, 2.24) is 0 Å². The summed E-state index contributed by atoms with van der Waals surface area (Å²) in [6, 6.07) is 2.84.